The maximum atomic E-state index is 11.2. The Balaban J connectivity index is 2.36. The summed E-state index contributed by atoms with van der Waals surface area (Å²) in [4.78, 5) is 34.0. The van der Waals surface area contributed by atoms with Crippen LogP contribution in [0.25, 0.3) is 0 Å². The topological polar surface area (TPSA) is 106 Å². The van der Waals surface area contributed by atoms with E-state index < -0.39 is 11.1 Å². The van der Waals surface area contributed by atoms with Crippen LogP contribution in [0.2, 0.25) is 0 Å². The normalized spacial score (nSPS) is 10.3. The Hall–Kier alpha value is -2.16. The van der Waals surface area contributed by atoms with Crippen molar-refractivity contribution in [2.45, 2.75) is 10.2 Å². The number of nitrogens with zero attached hydrogens (tertiary/aromatic N) is 4. The molecule has 2 aromatic rings. The van der Waals surface area contributed by atoms with E-state index >= 15 is 0 Å². The number of rotatable bonds is 3. The first-order valence-corrected chi connectivity index (χ1v) is 5.78. The average Bonchev–Trinajstić information content (AvgIpc) is 2.36. The quantitative estimate of drug-likeness (QED) is 0.567. The van der Waals surface area contributed by atoms with E-state index in [9.17, 15) is 9.59 Å². The van der Waals surface area contributed by atoms with E-state index in [1.807, 2.05) is 0 Å². The molecule has 0 aliphatic heterocycles. The first kappa shape index (κ1) is 12.3. The van der Waals surface area contributed by atoms with Crippen molar-refractivity contribution in [3.63, 3.8) is 0 Å². The van der Waals surface area contributed by atoms with E-state index in [1.54, 1.807) is 26.4 Å². The molecule has 0 spiro atoms. The first-order chi connectivity index (χ1) is 8.60. The molecule has 0 saturated carbocycles. The number of aryl methyl sites for hydroxylation is 1. The van der Waals surface area contributed by atoms with Crippen LogP contribution in [0.4, 0.5) is 5.95 Å². The van der Waals surface area contributed by atoms with Gasteiger partial charge in [0.25, 0.3) is 0 Å². The molecular weight excluding hydrogens is 256 g/mol. The highest BCUT2D eigenvalue weighted by molar-refractivity contribution is 7.99. The minimum atomic E-state index is -0.821. The molecule has 0 unspecified atom stereocenters. The second-order valence-corrected chi connectivity index (χ2v) is 4.26. The van der Waals surface area contributed by atoms with Crippen molar-refractivity contribution in [1.82, 2.24) is 24.7 Å². The Labute approximate surface area is 105 Å². The van der Waals surface area contributed by atoms with Gasteiger partial charge in [0.15, 0.2) is 5.16 Å². The van der Waals surface area contributed by atoms with E-state index in [0.29, 0.717) is 16.1 Å². The zero-order valence-corrected chi connectivity index (χ0v) is 10.5. The van der Waals surface area contributed by atoms with Crippen molar-refractivity contribution in [2.75, 3.05) is 12.4 Å². The summed E-state index contributed by atoms with van der Waals surface area (Å²) < 4.78 is 1.37. The van der Waals surface area contributed by atoms with Crippen LogP contribution in [0.1, 0.15) is 0 Å². The number of H-pyrrole nitrogens is 1. The number of aromatic nitrogens is 5. The fourth-order valence-corrected chi connectivity index (χ4v) is 1.92. The first-order valence-electron chi connectivity index (χ1n) is 4.96. The van der Waals surface area contributed by atoms with Gasteiger partial charge in [-0.2, -0.15) is 4.98 Å². The minimum absolute atomic E-state index is 0.348. The van der Waals surface area contributed by atoms with Gasteiger partial charge < -0.3 is 5.32 Å². The molecule has 0 saturated heterocycles. The fourth-order valence-electron chi connectivity index (χ4n) is 1.16. The molecule has 0 amide bonds. The predicted molar refractivity (Wildman–Crippen MR) is 65.8 cm³/mol. The minimum Gasteiger partial charge on any atom is -0.357 e. The van der Waals surface area contributed by atoms with Gasteiger partial charge in [-0.05, 0) is 17.8 Å². The summed E-state index contributed by atoms with van der Waals surface area (Å²) in [6, 6.07) is 1.68. The maximum Gasteiger partial charge on any atom is 0.339 e. The molecule has 8 nitrogen and oxygen atoms in total. The molecule has 2 heterocycles. The Morgan fingerprint density at radius 1 is 1.39 bits per heavy atom. The van der Waals surface area contributed by atoms with E-state index in [2.05, 4.69) is 25.4 Å². The van der Waals surface area contributed by atoms with Crippen molar-refractivity contribution in [3.8, 4) is 0 Å². The summed E-state index contributed by atoms with van der Waals surface area (Å²) in [6.45, 7) is 0. The molecule has 0 aromatic carbocycles. The number of hydrogen-bond donors (Lipinski definition) is 2. The van der Waals surface area contributed by atoms with E-state index in [1.165, 1.54) is 4.68 Å². The summed E-state index contributed by atoms with van der Waals surface area (Å²) in [5.74, 6) is 0.467. The van der Waals surface area contributed by atoms with Crippen LogP contribution in [0.3, 0.4) is 0 Å². The van der Waals surface area contributed by atoms with Gasteiger partial charge in [-0.25, -0.2) is 9.97 Å². The van der Waals surface area contributed by atoms with Crippen LogP contribution in [0, 0.1) is 0 Å². The third-order valence-electron chi connectivity index (χ3n) is 2.00. The van der Waals surface area contributed by atoms with Gasteiger partial charge in [-0.1, -0.05) is 0 Å². The lowest BCUT2D eigenvalue weighted by Gasteiger charge is -2.05. The molecule has 0 aliphatic rings. The van der Waals surface area contributed by atoms with Crippen LogP contribution >= 0.6 is 11.8 Å². The summed E-state index contributed by atoms with van der Waals surface area (Å²) in [7, 11) is 3.30. The summed E-state index contributed by atoms with van der Waals surface area (Å²) in [5, 5.41) is 6.13. The van der Waals surface area contributed by atoms with Gasteiger partial charge in [-0.3, -0.25) is 19.4 Å². The number of anilines is 1. The van der Waals surface area contributed by atoms with Gasteiger partial charge in [0.2, 0.25) is 5.95 Å². The number of nitrogens with one attached hydrogen (secondary N) is 2. The smallest absolute Gasteiger partial charge is 0.339 e. The molecule has 18 heavy (non-hydrogen) atoms. The zero-order valence-electron chi connectivity index (χ0n) is 9.67. The molecule has 0 radical (unpaired) electrons. The summed E-state index contributed by atoms with van der Waals surface area (Å²) >= 11 is 1.16. The van der Waals surface area contributed by atoms with Gasteiger partial charge in [0.05, 0.1) is 0 Å². The predicted octanol–water partition coefficient (Wildman–Crippen LogP) is -0.549. The standard InChI is InChI=1S/C9H10N6O2S/c1-10-8-11-4-3-5(12-8)18-9-13-6(16)7(17)14-15(9)2/h3-4H,1-2H3,(H,14,17)(H,10,11,12). The van der Waals surface area contributed by atoms with Crippen LogP contribution in [0.15, 0.2) is 32.0 Å². The Kier molecular flexibility index (Phi) is 3.42. The molecule has 2 rings (SSSR count). The van der Waals surface area contributed by atoms with Gasteiger partial charge in [0.1, 0.15) is 5.03 Å². The third-order valence-corrected chi connectivity index (χ3v) is 2.98. The molecule has 0 atom stereocenters. The fraction of sp³-hybridized carbons (Fsp3) is 0.222. The van der Waals surface area contributed by atoms with Crippen LogP contribution in [-0.4, -0.2) is 31.8 Å². The van der Waals surface area contributed by atoms with Gasteiger partial charge in [-0.15, -0.1) is 0 Å². The highest BCUT2D eigenvalue weighted by Gasteiger charge is 2.07. The highest BCUT2D eigenvalue weighted by Crippen LogP contribution is 2.22. The van der Waals surface area contributed by atoms with E-state index in [0.717, 1.165) is 11.8 Å². The van der Waals surface area contributed by atoms with Crippen molar-refractivity contribution >= 4 is 17.7 Å². The Morgan fingerprint density at radius 2 is 2.17 bits per heavy atom. The third kappa shape index (κ3) is 2.56. The van der Waals surface area contributed by atoms with E-state index in [4.69, 9.17) is 0 Å². The van der Waals surface area contributed by atoms with Gasteiger partial charge >= 0.3 is 11.1 Å². The molecule has 0 bridgehead atoms. The lowest BCUT2D eigenvalue weighted by atomic mass is 10.7. The Morgan fingerprint density at radius 3 is 2.89 bits per heavy atom. The lowest BCUT2D eigenvalue weighted by molar-refractivity contribution is 0.596. The summed E-state index contributed by atoms with van der Waals surface area (Å²) in [6.07, 6.45) is 1.59. The molecule has 0 aliphatic carbocycles. The van der Waals surface area contributed by atoms with Crippen molar-refractivity contribution < 1.29 is 0 Å². The largest absolute Gasteiger partial charge is 0.357 e. The van der Waals surface area contributed by atoms with Crippen molar-refractivity contribution in [2.24, 2.45) is 7.05 Å². The molecular formula is C9H10N6O2S. The van der Waals surface area contributed by atoms with Crippen LogP contribution in [0.5, 0.6) is 0 Å². The van der Waals surface area contributed by atoms with Crippen molar-refractivity contribution in [1.29, 1.82) is 0 Å². The monoisotopic (exact) mass is 266 g/mol. The second-order valence-electron chi connectivity index (χ2n) is 3.27. The van der Waals surface area contributed by atoms with Crippen LogP contribution < -0.4 is 16.4 Å². The molecule has 9 heteroatoms. The summed E-state index contributed by atoms with van der Waals surface area (Å²) in [5.41, 5.74) is -1.57. The van der Waals surface area contributed by atoms with E-state index in [-0.39, 0.29) is 0 Å². The molecule has 2 aromatic heterocycles. The van der Waals surface area contributed by atoms with Crippen LogP contribution in [-0.2, 0) is 7.05 Å². The van der Waals surface area contributed by atoms with Crippen molar-refractivity contribution in [3.05, 3.63) is 33.0 Å². The second kappa shape index (κ2) is 5.00. The van der Waals surface area contributed by atoms with Gasteiger partial charge in [0, 0.05) is 20.3 Å². The Bertz CT molecular complexity index is 679. The zero-order chi connectivity index (χ0) is 13.1. The SMILES string of the molecule is CNc1nccc(Sc2nc(=O)c(=O)[nH]n2C)n1. The molecule has 94 valence electrons. The molecule has 2 N–H and O–H groups in total. The lowest BCUT2D eigenvalue weighted by Crippen LogP contribution is -2.33. The highest BCUT2D eigenvalue weighted by atomic mass is 32.2. The average molecular weight is 266 g/mol. The number of aromatic amines is 1. The number of hydrogen-bond acceptors (Lipinski definition) is 7. The maximum absolute atomic E-state index is 11.2. The molecule has 0 fully saturated rings.